The summed E-state index contributed by atoms with van der Waals surface area (Å²) in [7, 11) is -3.48. The summed E-state index contributed by atoms with van der Waals surface area (Å²) < 4.78 is 27.8. The van der Waals surface area contributed by atoms with Crippen molar-refractivity contribution in [2.24, 2.45) is 0 Å². The zero-order valence-corrected chi connectivity index (χ0v) is 13.9. The van der Waals surface area contributed by atoms with Crippen molar-refractivity contribution in [2.75, 3.05) is 6.54 Å². The van der Waals surface area contributed by atoms with E-state index in [0.717, 1.165) is 38.6 Å². The van der Waals surface area contributed by atoms with E-state index in [4.69, 9.17) is 0 Å². The first-order valence-electron chi connectivity index (χ1n) is 7.71. The summed E-state index contributed by atoms with van der Waals surface area (Å²) in [6.07, 6.45) is 4.95. The highest BCUT2D eigenvalue weighted by Crippen LogP contribution is 2.22. The number of rotatable bonds is 6. The third kappa shape index (κ3) is 4.05. The van der Waals surface area contributed by atoms with Crippen LogP contribution in [-0.2, 0) is 10.0 Å². The van der Waals surface area contributed by atoms with Crippen molar-refractivity contribution >= 4 is 10.0 Å². The molecule has 0 unspecified atom stereocenters. The third-order valence-corrected chi connectivity index (χ3v) is 5.84. The van der Waals surface area contributed by atoms with Crippen LogP contribution >= 0.6 is 0 Å². The topological polar surface area (TPSA) is 86.9 Å². The van der Waals surface area contributed by atoms with Gasteiger partial charge in [0.15, 0.2) is 0 Å². The number of aromatic nitrogens is 2. The molecule has 0 saturated heterocycles. The van der Waals surface area contributed by atoms with Gasteiger partial charge >= 0.3 is 0 Å². The first-order valence-corrected chi connectivity index (χ1v) is 9.19. The SMILES string of the molecule is CCCNC1CCC(NS(=O)(=O)c2c(C)n[nH]c2C)CC1. The minimum Gasteiger partial charge on any atom is -0.314 e. The molecule has 2 rings (SSSR count). The lowest BCUT2D eigenvalue weighted by Gasteiger charge is -2.29. The van der Waals surface area contributed by atoms with E-state index in [1.807, 2.05) is 0 Å². The van der Waals surface area contributed by atoms with Crippen molar-refractivity contribution in [1.82, 2.24) is 20.2 Å². The smallest absolute Gasteiger partial charge is 0.244 e. The Morgan fingerprint density at radius 1 is 1.19 bits per heavy atom. The number of hydrogen-bond donors (Lipinski definition) is 3. The van der Waals surface area contributed by atoms with Crippen molar-refractivity contribution in [2.45, 2.75) is 69.9 Å². The predicted molar refractivity (Wildman–Crippen MR) is 82.7 cm³/mol. The van der Waals surface area contributed by atoms with Crippen molar-refractivity contribution in [3.05, 3.63) is 11.4 Å². The summed E-state index contributed by atoms with van der Waals surface area (Å²) in [4.78, 5) is 0.300. The number of aromatic amines is 1. The number of nitrogens with one attached hydrogen (secondary N) is 3. The molecule has 3 N–H and O–H groups in total. The van der Waals surface area contributed by atoms with Gasteiger partial charge in [0, 0.05) is 12.1 Å². The Bertz CT molecular complexity index is 540. The number of aryl methyl sites for hydroxylation is 2. The van der Waals surface area contributed by atoms with Crippen LogP contribution in [0.25, 0.3) is 0 Å². The van der Waals surface area contributed by atoms with Gasteiger partial charge in [0.2, 0.25) is 10.0 Å². The standard InChI is InChI=1S/C14H26N4O2S/c1-4-9-15-12-5-7-13(8-6-12)18-21(19,20)14-10(2)16-17-11(14)3/h12-13,15,18H,4-9H2,1-3H3,(H,16,17). The second-order valence-electron chi connectivity index (χ2n) is 5.89. The van der Waals surface area contributed by atoms with Crippen LogP contribution in [0.2, 0.25) is 0 Å². The summed E-state index contributed by atoms with van der Waals surface area (Å²) in [5.74, 6) is 0. The monoisotopic (exact) mass is 314 g/mol. The molecule has 6 nitrogen and oxygen atoms in total. The lowest BCUT2D eigenvalue weighted by molar-refractivity contribution is 0.330. The molecule has 0 amide bonds. The lowest BCUT2D eigenvalue weighted by Crippen LogP contribution is -2.42. The molecule has 120 valence electrons. The molecular formula is C14H26N4O2S. The molecule has 7 heteroatoms. The highest BCUT2D eigenvalue weighted by molar-refractivity contribution is 7.89. The maximum atomic E-state index is 12.5. The van der Waals surface area contributed by atoms with Gasteiger partial charge in [0.1, 0.15) is 4.90 Å². The average Bonchev–Trinajstić information content (AvgIpc) is 2.77. The van der Waals surface area contributed by atoms with Crippen LogP contribution in [0, 0.1) is 13.8 Å². The van der Waals surface area contributed by atoms with Gasteiger partial charge in [-0.1, -0.05) is 6.92 Å². The van der Waals surface area contributed by atoms with Crippen molar-refractivity contribution in [3.63, 3.8) is 0 Å². The Balaban J connectivity index is 1.94. The van der Waals surface area contributed by atoms with E-state index in [9.17, 15) is 8.42 Å². The van der Waals surface area contributed by atoms with Crippen molar-refractivity contribution < 1.29 is 8.42 Å². The summed E-state index contributed by atoms with van der Waals surface area (Å²) in [5.41, 5.74) is 1.12. The molecule has 1 aliphatic rings. The van der Waals surface area contributed by atoms with Gasteiger partial charge in [-0.3, -0.25) is 5.10 Å². The highest BCUT2D eigenvalue weighted by atomic mass is 32.2. The van der Waals surface area contributed by atoms with E-state index < -0.39 is 10.0 Å². The maximum Gasteiger partial charge on any atom is 0.244 e. The molecule has 0 bridgehead atoms. The lowest BCUT2D eigenvalue weighted by atomic mass is 9.92. The molecule has 1 fully saturated rings. The van der Waals surface area contributed by atoms with Crippen LogP contribution in [0.5, 0.6) is 0 Å². The van der Waals surface area contributed by atoms with Gasteiger partial charge in [0.05, 0.1) is 11.4 Å². The first kappa shape index (κ1) is 16.5. The number of hydrogen-bond acceptors (Lipinski definition) is 4. The van der Waals surface area contributed by atoms with E-state index in [-0.39, 0.29) is 6.04 Å². The predicted octanol–water partition coefficient (Wildman–Crippen LogP) is 1.62. The van der Waals surface area contributed by atoms with Crippen LogP contribution in [0.15, 0.2) is 4.90 Å². The second kappa shape index (κ2) is 6.89. The second-order valence-corrected chi connectivity index (χ2v) is 7.54. The molecule has 0 spiro atoms. The van der Waals surface area contributed by atoms with Gasteiger partial charge in [-0.25, -0.2) is 13.1 Å². The summed E-state index contributed by atoms with van der Waals surface area (Å²) in [5, 5.41) is 10.2. The molecule has 0 radical (unpaired) electrons. The van der Waals surface area contributed by atoms with Crippen LogP contribution < -0.4 is 10.0 Å². The minimum absolute atomic E-state index is 0.0309. The zero-order valence-electron chi connectivity index (χ0n) is 13.1. The molecule has 1 aromatic heterocycles. The zero-order chi connectivity index (χ0) is 15.5. The van der Waals surface area contributed by atoms with E-state index in [1.165, 1.54) is 0 Å². The molecule has 1 aliphatic carbocycles. The van der Waals surface area contributed by atoms with Crippen LogP contribution in [0.1, 0.15) is 50.4 Å². The van der Waals surface area contributed by atoms with Gasteiger partial charge in [-0.15, -0.1) is 0 Å². The summed E-state index contributed by atoms with van der Waals surface area (Å²) in [6, 6.07) is 0.562. The normalized spacial score (nSPS) is 23.4. The number of H-pyrrole nitrogens is 1. The molecule has 1 saturated carbocycles. The largest absolute Gasteiger partial charge is 0.314 e. The average molecular weight is 314 g/mol. The van der Waals surface area contributed by atoms with Crippen LogP contribution in [0.3, 0.4) is 0 Å². The third-order valence-electron chi connectivity index (χ3n) is 4.06. The summed E-state index contributed by atoms with van der Waals surface area (Å²) >= 11 is 0. The minimum atomic E-state index is -3.48. The molecule has 0 atom stereocenters. The fraction of sp³-hybridized carbons (Fsp3) is 0.786. The van der Waals surface area contributed by atoms with Gasteiger partial charge in [-0.2, -0.15) is 5.10 Å². The Labute approximate surface area is 127 Å². The summed E-state index contributed by atoms with van der Waals surface area (Å²) in [6.45, 7) is 6.64. The fourth-order valence-electron chi connectivity index (χ4n) is 2.98. The Hall–Kier alpha value is -0.920. The van der Waals surface area contributed by atoms with E-state index in [0.29, 0.717) is 22.3 Å². The van der Waals surface area contributed by atoms with Crippen molar-refractivity contribution in [1.29, 1.82) is 0 Å². The molecule has 1 heterocycles. The van der Waals surface area contributed by atoms with E-state index in [2.05, 4.69) is 27.2 Å². The molecule has 0 aromatic carbocycles. The van der Waals surface area contributed by atoms with Crippen LogP contribution in [-0.4, -0.2) is 37.2 Å². The van der Waals surface area contributed by atoms with Crippen molar-refractivity contribution in [3.8, 4) is 0 Å². The first-order chi connectivity index (χ1) is 9.94. The number of sulfonamides is 1. The molecule has 1 aromatic rings. The Kier molecular flexibility index (Phi) is 5.40. The Morgan fingerprint density at radius 3 is 2.33 bits per heavy atom. The van der Waals surface area contributed by atoms with Gasteiger partial charge < -0.3 is 5.32 Å². The van der Waals surface area contributed by atoms with E-state index >= 15 is 0 Å². The Morgan fingerprint density at radius 2 is 1.81 bits per heavy atom. The number of nitrogens with zero attached hydrogens (tertiary/aromatic N) is 1. The maximum absolute atomic E-state index is 12.5. The fourth-order valence-corrected chi connectivity index (χ4v) is 4.65. The van der Waals surface area contributed by atoms with E-state index in [1.54, 1.807) is 13.8 Å². The van der Waals surface area contributed by atoms with Gasteiger partial charge in [-0.05, 0) is 52.5 Å². The molecular weight excluding hydrogens is 288 g/mol. The molecule has 21 heavy (non-hydrogen) atoms. The van der Waals surface area contributed by atoms with Gasteiger partial charge in [0.25, 0.3) is 0 Å². The molecule has 0 aliphatic heterocycles. The highest BCUT2D eigenvalue weighted by Gasteiger charge is 2.28. The van der Waals surface area contributed by atoms with Crippen LogP contribution in [0.4, 0.5) is 0 Å². The quantitative estimate of drug-likeness (QED) is 0.744.